The first-order valence-electron chi connectivity index (χ1n) is 11.0. The molecule has 5 aromatic rings. The number of para-hydroxylation sites is 1. The maximum absolute atomic E-state index is 13.7. The lowest BCUT2D eigenvalue weighted by Crippen LogP contribution is -2.19. The molecule has 4 aromatic carbocycles. The van der Waals surface area contributed by atoms with Crippen molar-refractivity contribution in [3.63, 3.8) is 0 Å². The van der Waals surface area contributed by atoms with Gasteiger partial charge in [-0.15, -0.1) is 0 Å². The number of fused-ring (bicyclic) bond motifs is 1. The van der Waals surface area contributed by atoms with Gasteiger partial charge in [-0.3, -0.25) is 0 Å². The summed E-state index contributed by atoms with van der Waals surface area (Å²) < 4.78 is 28.4. The number of nitrogens with two attached hydrogens (primary N) is 1. The molecule has 7 heteroatoms. The fourth-order valence-electron chi connectivity index (χ4n) is 4.46. The summed E-state index contributed by atoms with van der Waals surface area (Å²) in [7, 11) is -4.21. The molecule has 0 aliphatic carbocycles. The highest BCUT2D eigenvalue weighted by atomic mass is 32.2. The summed E-state index contributed by atoms with van der Waals surface area (Å²) in [6.07, 6.45) is 0. The maximum atomic E-state index is 13.7. The second-order valence-electron chi connectivity index (χ2n) is 8.10. The Morgan fingerprint density at radius 2 is 1.34 bits per heavy atom. The van der Waals surface area contributed by atoms with Crippen LogP contribution < -0.4 is 5.73 Å². The van der Waals surface area contributed by atoms with Crippen LogP contribution in [0.4, 0.5) is 0 Å². The zero-order chi connectivity index (χ0) is 24.6. The topological polar surface area (TPSA) is 102 Å². The predicted molar refractivity (Wildman–Crippen MR) is 136 cm³/mol. The average Bonchev–Trinajstić information content (AvgIpc) is 3.25. The molecular formula is C28H22N2O4S. The standard InChI is InChI=1S/C28H22N2O4S/c29-26(19-11-3-1-4-12-19)22-16-8-7-15-21(22)25-23-17-9-10-18-24(23)30(27(25)28(31)32)35(33,34)20-13-5-2-6-14-20/h1-18,26H,29H2,(H,31,32)/t26-/m1/s1. The van der Waals surface area contributed by atoms with Gasteiger partial charge >= 0.3 is 5.97 Å². The summed E-state index contributed by atoms with van der Waals surface area (Å²) >= 11 is 0. The summed E-state index contributed by atoms with van der Waals surface area (Å²) in [4.78, 5) is 12.7. The molecule has 3 N–H and O–H groups in total. The van der Waals surface area contributed by atoms with E-state index in [2.05, 4.69) is 0 Å². The summed E-state index contributed by atoms with van der Waals surface area (Å²) in [5, 5.41) is 10.9. The van der Waals surface area contributed by atoms with Crippen LogP contribution in [0.1, 0.15) is 27.7 Å². The van der Waals surface area contributed by atoms with Gasteiger partial charge in [0.25, 0.3) is 10.0 Å². The number of hydrogen-bond donors (Lipinski definition) is 2. The molecule has 0 bridgehead atoms. The van der Waals surface area contributed by atoms with Gasteiger partial charge in [-0.2, -0.15) is 0 Å². The molecule has 6 nitrogen and oxygen atoms in total. The van der Waals surface area contributed by atoms with E-state index in [9.17, 15) is 18.3 Å². The van der Waals surface area contributed by atoms with E-state index in [1.165, 1.54) is 12.1 Å². The molecule has 0 radical (unpaired) electrons. The third-order valence-electron chi connectivity index (χ3n) is 6.04. The monoisotopic (exact) mass is 482 g/mol. The van der Waals surface area contributed by atoms with E-state index in [1.54, 1.807) is 54.6 Å². The number of aromatic nitrogens is 1. The minimum atomic E-state index is -4.21. The van der Waals surface area contributed by atoms with E-state index in [0.29, 0.717) is 22.1 Å². The summed E-state index contributed by atoms with van der Waals surface area (Å²) in [6, 6.07) is 30.8. The molecular weight excluding hydrogens is 460 g/mol. The summed E-state index contributed by atoms with van der Waals surface area (Å²) in [5.74, 6) is -1.35. The smallest absolute Gasteiger partial charge is 0.354 e. The van der Waals surface area contributed by atoms with Crippen molar-refractivity contribution in [1.29, 1.82) is 0 Å². The minimum absolute atomic E-state index is 0.00377. The third kappa shape index (κ3) is 3.80. The predicted octanol–water partition coefficient (Wildman–Crippen LogP) is 5.29. The number of aromatic carboxylic acids is 1. The van der Waals surface area contributed by atoms with Crippen molar-refractivity contribution >= 4 is 26.9 Å². The number of rotatable bonds is 6. The first-order valence-corrected chi connectivity index (χ1v) is 12.4. The first kappa shape index (κ1) is 22.6. The van der Waals surface area contributed by atoms with Gasteiger partial charge in [0.15, 0.2) is 5.69 Å². The van der Waals surface area contributed by atoms with Crippen LogP contribution in [-0.4, -0.2) is 23.5 Å². The highest BCUT2D eigenvalue weighted by Gasteiger charge is 2.32. The van der Waals surface area contributed by atoms with Crippen LogP contribution in [0.5, 0.6) is 0 Å². The quantitative estimate of drug-likeness (QED) is 0.342. The van der Waals surface area contributed by atoms with E-state index in [-0.39, 0.29) is 16.1 Å². The molecule has 0 fully saturated rings. The minimum Gasteiger partial charge on any atom is -0.477 e. The Labute approximate surface area is 202 Å². The molecule has 174 valence electrons. The van der Waals surface area contributed by atoms with Gasteiger partial charge in [0.2, 0.25) is 0 Å². The van der Waals surface area contributed by atoms with Gasteiger partial charge in [0, 0.05) is 10.9 Å². The van der Waals surface area contributed by atoms with Crippen molar-refractivity contribution in [2.24, 2.45) is 5.73 Å². The first-order chi connectivity index (χ1) is 16.9. The van der Waals surface area contributed by atoms with Gasteiger partial charge in [0.1, 0.15) is 0 Å². The summed E-state index contributed by atoms with van der Waals surface area (Å²) in [6.45, 7) is 0. The third-order valence-corrected chi connectivity index (χ3v) is 7.77. The van der Waals surface area contributed by atoms with Gasteiger partial charge < -0.3 is 10.8 Å². The lowest BCUT2D eigenvalue weighted by Gasteiger charge is -2.18. The second kappa shape index (κ2) is 8.87. The van der Waals surface area contributed by atoms with Crippen LogP contribution >= 0.6 is 0 Å². The van der Waals surface area contributed by atoms with Crippen molar-refractivity contribution < 1.29 is 18.3 Å². The van der Waals surface area contributed by atoms with Crippen molar-refractivity contribution in [1.82, 2.24) is 3.97 Å². The molecule has 0 aliphatic heterocycles. The Balaban J connectivity index is 1.86. The number of hydrogen-bond acceptors (Lipinski definition) is 4. The van der Waals surface area contributed by atoms with Crippen molar-refractivity contribution in [2.75, 3.05) is 0 Å². The van der Waals surface area contributed by atoms with E-state index in [1.807, 2.05) is 42.5 Å². The van der Waals surface area contributed by atoms with Crippen molar-refractivity contribution in [3.8, 4) is 11.1 Å². The molecule has 0 saturated heterocycles. The van der Waals surface area contributed by atoms with Crippen LogP contribution in [0.25, 0.3) is 22.0 Å². The number of carboxylic acid groups (broad SMARTS) is 1. The Hall–Kier alpha value is -4.20. The van der Waals surface area contributed by atoms with Gasteiger partial charge in [0.05, 0.1) is 16.5 Å². The Morgan fingerprint density at radius 3 is 2.03 bits per heavy atom. The average molecular weight is 483 g/mol. The molecule has 1 heterocycles. The van der Waals surface area contributed by atoms with Crippen LogP contribution in [0, 0.1) is 0 Å². The molecule has 0 unspecified atom stereocenters. The van der Waals surface area contributed by atoms with Crippen LogP contribution in [-0.2, 0) is 10.0 Å². The molecule has 1 atom stereocenters. The lowest BCUT2D eigenvalue weighted by atomic mass is 9.90. The van der Waals surface area contributed by atoms with Crippen molar-refractivity contribution in [2.45, 2.75) is 10.9 Å². The normalized spacial score (nSPS) is 12.5. The largest absolute Gasteiger partial charge is 0.477 e. The number of benzene rings is 4. The van der Waals surface area contributed by atoms with Gasteiger partial charge in [-0.25, -0.2) is 17.2 Å². The molecule has 0 spiro atoms. The van der Waals surface area contributed by atoms with Crippen molar-refractivity contribution in [3.05, 3.63) is 126 Å². The van der Waals surface area contributed by atoms with E-state index < -0.39 is 22.0 Å². The Bertz CT molecular complexity index is 1640. The zero-order valence-electron chi connectivity index (χ0n) is 18.6. The second-order valence-corrected chi connectivity index (χ2v) is 9.89. The summed E-state index contributed by atoms with van der Waals surface area (Å²) in [5.41, 5.74) is 9.03. The molecule has 1 aromatic heterocycles. The van der Waals surface area contributed by atoms with Gasteiger partial charge in [-0.05, 0) is 34.9 Å². The SMILES string of the molecule is N[C@H](c1ccccc1)c1ccccc1-c1c(C(=O)O)n(S(=O)(=O)c2ccccc2)c2ccccc12. The maximum Gasteiger partial charge on any atom is 0.354 e. The van der Waals surface area contributed by atoms with E-state index in [0.717, 1.165) is 9.54 Å². The Kier molecular flexibility index (Phi) is 5.72. The van der Waals surface area contributed by atoms with Crippen LogP contribution in [0.15, 0.2) is 114 Å². The Morgan fingerprint density at radius 1 is 0.771 bits per heavy atom. The fourth-order valence-corrected chi connectivity index (χ4v) is 6.00. The number of carbonyl (C=O) groups is 1. The zero-order valence-corrected chi connectivity index (χ0v) is 19.4. The van der Waals surface area contributed by atoms with Crippen LogP contribution in [0.3, 0.4) is 0 Å². The molecule has 0 amide bonds. The van der Waals surface area contributed by atoms with E-state index >= 15 is 0 Å². The highest BCUT2D eigenvalue weighted by molar-refractivity contribution is 7.90. The molecule has 5 rings (SSSR count). The van der Waals surface area contributed by atoms with Gasteiger partial charge in [-0.1, -0.05) is 91.0 Å². The number of carboxylic acids is 1. The number of nitrogens with zero attached hydrogens (tertiary/aromatic N) is 1. The highest BCUT2D eigenvalue weighted by Crippen LogP contribution is 2.40. The molecule has 0 saturated carbocycles. The van der Waals surface area contributed by atoms with E-state index in [4.69, 9.17) is 5.73 Å². The lowest BCUT2D eigenvalue weighted by molar-refractivity contribution is 0.0690. The molecule has 35 heavy (non-hydrogen) atoms. The van der Waals surface area contributed by atoms with Crippen LogP contribution in [0.2, 0.25) is 0 Å². The fraction of sp³-hybridized carbons (Fsp3) is 0.0357. The molecule has 0 aliphatic rings.